The fourth-order valence-electron chi connectivity index (χ4n) is 2.53. The lowest BCUT2D eigenvalue weighted by Crippen LogP contribution is -2.05. The Bertz CT molecular complexity index is 301. The molecule has 0 radical (unpaired) electrons. The highest BCUT2D eigenvalue weighted by molar-refractivity contribution is 4.95. The van der Waals surface area contributed by atoms with Crippen LogP contribution in [0.4, 0.5) is 0 Å². The largest absolute Gasteiger partial charge is 0.444 e. The molecule has 90 valence electrons. The molecule has 2 rings (SSSR count). The Balaban J connectivity index is 1.86. The van der Waals surface area contributed by atoms with Crippen LogP contribution >= 0.6 is 0 Å². The van der Waals surface area contributed by atoms with E-state index in [4.69, 9.17) is 4.42 Å². The van der Waals surface area contributed by atoms with Crippen molar-refractivity contribution in [1.29, 1.82) is 0 Å². The van der Waals surface area contributed by atoms with Gasteiger partial charge in [-0.3, -0.25) is 0 Å². The monoisotopic (exact) mass is 222 g/mol. The molecule has 0 saturated heterocycles. The SMILES string of the molecule is CNCc1ncc(CC2CCCCCC2)o1. The first-order chi connectivity index (χ1) is 7.88. The first-order valence-electron chi connectivity index (χ1n) is 6.46. The molecule has 1 N–H and O–H groups in total. The van der Waals surface area contributed by atoms with Crippen molar-refractivity contribution in [2.24, 2.45) is 5.92 Å². The number of hydrogen-bond acceptors (Lipinski definition) is 3. The Labute approximate surface area is 97.6 Å². The first-order valence-corrected chi connectivity index (χ1v) is 6.46. The smallest absolute Gasteiger partial charge is 0.208 e. The normalized spacial score (nSPS) is 18.6. The minimum atomic E-state index is 0.727. The first kappa shape index (κ1) is 11.6. The van der Waals surface area contributed by atoms with Crippen molar-refractivity contribution in [3.63, 3.8) is 0 Å². The number of nitrogens with zero attached hydrogens (tertiary/aromatic N) is 1. The quantitative estimate of drug-likeness (QED) is 0.796. The van der Waals surface area contributed by atoms with Crippen LogP contribution in [-0.4, -0.2) is 12.0 Å². The summed E-state index contributed by atoms with van der Waals surface area (Å²) in [5, 5.41) is 3.05. The van der Waals surface area contributed by atoms with Gasteiger partial charge in [0.05, 0.1) is 12.7 Å². The summed E-state index contributed by atoms with van der Waals surface area (Å²) in [5.74, 6) is 2.70. The van der Waals surface area contributed by atoms with E-state index in [-0.39, 0.29) is 0 Å². The van der Waals surface area contributed by atoms with Gasteiger partial charge in [0.1, 0.15) is 5.76 Å². The van der Waals surface area contributed by atoms with Crippen LogP contribution in [0, 0.1) is 5.92 Å². The molecule has 0 amide bonds. The molecule has 16 heavy (non-hydrogen) atoms. The highest BCUT2D eigenvalue weighted by Crippen LogP contribution is 2.26. The van der Waals surface area contributed by atoms with Crippen molar-refractivity contribution in [1.82, 2.24) is 10.3 Å². The van der Waals surface area contributed by atoms with Gasteiger partial charge < -0.3 is 9.73 Å². The number of hydrogen-bond donors (Lipinski definition) is 1. The van der Waals surface area contributed by atoms with Gasteiger partial charge in [-0.15, -0.1) is 0 Å². The minimum Gasteiger partial charge on any atom is -0.444 e. The lowest BCUT2D eigenvalue weighted by Gasteiger charge is -2.10. The lowest BCUT2D eigenvalue weighted by atomic mass is 9.96. The maximum Gasteiger partial charge on any atom is 0.208 e. The fraction of sp³-hybridized carbons (Fsp3) is 0.769. The molecule has 0 spiro atoms. The highest BCUT2D eigenvalue weighted by atomic mass is 16.4. The summed E-state index contributed by atoms with van der Waals surface area (Å²) < 4.78 is 5.69. The third-order valence-electron chi connectivity index (χ3n) is 3.39. The summed E-state index contributed by atoms with van der Waals surface area (Å²) in [5.41, 5.74) is 0. The van der Waals surface area contributed by atoms with Gasteiger partial charge in [-0.1, -0.05) is 38.5 Å². The van der Waals surface area contributed by atoms with E-state index in [1.807, 2.05) is 13.2 Å². The van der Waals surface area contributed by atoms with Crippen molar-refractivity contribution < 1.29 is 4.42 Å². The van der Waals surface area contributed by atoms with Crippen LogP contribution in [0.1, 0.15) is 50.2 Å². The number of rotatable bonds is 4. The third kappa shape index (κ3) is 3.34. The van der Waals surface area contributed by atoms with Crippen LogP contribution in [0.25, 0.3) is 0 Å². The van der Waals surface area contributed by atoms with Crippen LogP contribution in [0.5, 0.6) is 0 Å². The van der Waals surface area contributed by atoms with Crippen molar-refractivity contribution in [3.8, 4) is 0 Å². The van der Waals surface area contributed by atoms with Gasteiger partial charge in [-0.05, 0) is 13.0 Å². The summed E-state index contributed by atoms with van der Waals surface area (Å²) in [6, 6.07) is 0. The maximum atomic E-state index is 5.69. The molecule has 1 aromatic heterocycles. The molecule has 1 heterocycles. The summed E-state index contributed by atoms with van der Waals surface area (Å²) >= 11 is 0. The second-order valence-corrected chi connectivity index (χ2v) is 4.81. The van der Waals surface area contributed by atoms with E-state index in [2.05, 4.69) is 10.3 Å². The molecule has 1 fully saturated rings. The second kappa shape index (κ2) is 6.04. The molecule has 1 saturated carbocycles. The predicted molar refractivity (Wildman–Crippen MR) is 64.2 cm³/mol. The summed E-state index contributed by atoms with van der Waals surface area (Å²) in [6.45, 7) is 0.727. The van der Waals surface area contributed by atoms with Crippen molar-refractivity contribution in [3.05, 3.63) is 17.8 Å². The summed E-state index contributed by atoms with van der Waals surface area (Å²) in [4.78, 5) is 4.27. The van der Waals surface area contributed by atoms with Gasteiger partial charge in [-0.25, -0.2) is 4.98 Å². The molecule has 0 bridgehead atoms. The molecule has 3 heteroatoms. The van der Waals surface area contributed by atoms with Crippen molar-refractivity contribution >= 4 is 0 Å². The van der Waals surface area contributed by atoms with Gasteiger partial charge in [0, 0.05) is 6.42 Å². The molecular formula is C13H22N2O. The van der Waals surface area contributed by atoms with Gasteiger partial charge in [0.2, 0.25) is 5.89 Å². The zero-order valence-corrected chi connectivity index (χ0v) is 10.2. The van der Waals surface area contributed by atoms with Crippen LogP contribution < -0.4 is 5.32 Å². The van der Waals surface area contributed by atoms with Crippen molar-refractivity contribution in [2.45, 2.75) is 51.5 Å². The van der Waals surface area contributed by atoms with Crippen LogP contribution in [-0.2, 0) is 13.0 Å². The lowest BCUT2D eigenvalue weighted by molar-refractivity contribution is 0.383. The molecule has 0 unspecified atom stereocenters. The van der Waals surface area contributed by atoms with E-state index in [9.17, 15) is 0 Å². The Kier molecular flexibility index (Phi) is 4.40. The highest BCUT2D eigenvalue weighted by Gasteiger charge is 2.15. The molecule has 3 nitrogen and oxygen atoms in total. The fourth-order valence-corrected chi connectivity index (χ4v) is 2.53. The topological polar surface area (TPSA) is 38.1 Å². The van der Waals surface area contributed by atoms with E-state index in [0.29, 0.717) is 0 Å². The number of aromatic nitrogens is 1. The van der Waals surface area contributed by atoms with Gasteiger partial charge in [0.25, 0.3) is 0 Å². The third-order valence-corrected chi connectivity index (χ3v) is 3.39. The zero-order chi connectivity index (χ0) is 11.2. The molecule has 1 aliphatic rings. The Morgan fingerprint density at radius 2 is 2.06 bits per heavy atom. The maximum absolute atomic E-state index is 5.69. The van der Waals surface area contributed by atoms with Crippen LogP contribution in [0.2, 0.25) is 0 Å². The van der Waals surface area contributed by atoms with Crippen molar-refractivity contribution in [2.75, 3.05) is 7.05 Å². The molecule has 0 aromatic carbocycles. The standard InChI is InChI=1S/C13H22N2O/c1-14-10-13-15-9-12(16-13)8-11-6-4-2-3-5-7-11/h9,11,14H,2-8,10H2,1H3. The average molecular weight is 222 g/mol. The number of nitrogens with one attached hydrogen (secondary N) is 1. The zero-order valence-electron chi connectivity index (χ0n) is 10.2. The molecular weight excluding hydrogens is 200 g/mol. The Morgan fingerprint density at radius 1 is 1.31 bits per heavy atom. The Hall–Kier alpha value is -0.830. The minimum absolute atomic E-state index is 0.727. The van der Waals surface area contributed by atoms with E-state index < -0.39 is 0 Å². The van der Waals surface area contributed by atoms with E-state index in [0.717, 1.165) is 30.5 Å². The van der Waals surface area contributed by atoms with Gasteiger partial charge >= 0.3 is 0 Å². The predicted octanol–water partition coefficient (Wildman–Crippen LogP) is 2.91. The van der Waals surface area contributed by atoms with Gasteiger partial charge in [-0.2, -0.15) is 0 Å². The van der Waals surface area contributed by atoms with E-state index in [1.165, 1.54) is 38.5 Å². The summed E-state index contributed by atoms with van der Waals surface area (Å²) in [7, 11) is 1.91. The van der Waals surface area contributed by atoms with E-state index in [1.54, 1.807) is 0 Å². The van der Waals surface area contributed by atoms with Crippen LogP contribution in [0.3, 0.4) is 0 Å². The number of oxazole rings is 1. The van der Waals surface area contributed by atoms with Crippen LogP contribution in [0.15, 0.2) is 10.6 Å². The average Bonchev–Trinajstić information content (AvgIpc) is 2.56. The summed E-state index contributed by atoms with van der Waals surface area (Å²) in [6.07, 6.45) is 11.3. The van der Waals surface area contributed by atoms with E-state index >= 15 is 0 Å². The van der Waals surface area contributed by atoms with Gasteiger partial charge in [0.15, 0.2) is 0 Å². The molecule has 1 aliphatic carbocycles. The molecule has 1 aromatic rings. The molecule has 0 atom stereocenters. The molecule has 0 aliphatic heterocycles. The second-order valence-electron chi connectivity index (χ2n) is 4.81. The Morgan fingerprint density at radius 3 is 2.75 bits per heavy atom.